The van der Waals surface area contributed by atoms with E-state index in [9.17, 15) is 13.5 Å². The number of aryl methyl sites for hydroxylation is 3. The van der Waals surface area contributed by atoms with Gasteiger partial charge in [-0.25, -0.2) is 8.42 Å². The molecule has 0 aliphatic heterocycles. The maximum absolute atomic E-state index is 14.3. The van der Waals surface area contributed by atoms with Crippen molar-refractivity contribution < 1.29 is 13.5 Å². The van der Waals surface area contributed by atoms with Crippen LogP contribution in [-0.2, 0) is 23.0 Å². The Kier molecular flexibility index (Phi) is 10.1. The fourth-order valence-electron chi connectivity index (χ4n) is 5.29. The van der Waals surface area contributed by atoms with Crippen LogP contribution in [0.25, 0.3) is 0 Å². The Morgan fingerprint density at radius 1 is 0.976 bits per heavy atom. The summed E-state index contributed by atoms with van der Waals surface area (Å²) in [6.07, 6.45) is 4.60. The number of aromatic hydroxyl groups is 1. The van der Waals surface area contributed by atoms with Crippen molar-refractivity contribution in [1.82, 2.24) is 10.3 Å². The van der Waals surface area contributed by atoms with Crippen LogP contribution in [0.4, 0.5) is 5.69 Å². The van der Waals surface area contributed by atoms with Gasteiger partial charge in [0.25, 0.3) is 10.0 Å². The van der Waals surface area contributed by atoms with Crippen molar-refractivity contribution >= 4 is 27.3 Å². The van der Waals surface area contributed by atoms with Crippen molar-refractivity contribution in [2.75, 3.05) is 10.8 Å². The van der Waals surface area contributed by atoms with Gasteiger partial charge in [-0.15, -0.1) is 0 Å². The number of benzene rings is 3. The third-order valence-electron chi connectivity index (χ3n) is 7.16. The molecule has 0 bridgehead atoms. The Morgan fingerprint density at radius 2 is 1.68 bits per heavy atom. The normalized spacial score (nSPS) is 12.3. The number of phenols is 1. The average Bonchev–Trinajstić information content (AvgIpc) is 2.92. The lowest BCUT2D eigenvalue weighted by atomic mass is 10.0. The maximum atomic E-state index is 14.3. The van der Waals surface area contributed by atoms with Crippen LogP contribution in [0.3, 0.4) is 0 Å². The lowest BCUT2D eigenvalue weighted by Crippen LogP contribution is -2.32. The minimum absolute atomic E-state index is 0.0221. The Labute approximate surface area is 249 Å². The van der Waals surface area contributed by atoms with E-state index in [0.29, 0.717) is 32.3 Å². The molecule has 1 unspecified atom stereocenters. The van der Waals surface area contributed by atoms with E-state index in [1.807, 2.05) is 81.6 Å². The number of rotatable bonds is 12. The highest BCUT2D eigenvalue weighted by Gasteiger charge is 2.29. The van der Waals surface area contributed by atoms with Crippen LogP contribution >= 0.6 is 11.6 Å². The minimum atomic E-state index is -3.96. The predicted octanol–water partition coefficient (Wildman–Crippen LogP) is 7.43. The molecule has 6 nitrogen and oxygen atoms in total. The molecule has 0 aliphatic rings. The van der Waals surface area contributed by atoms with E-state index in [1.54, 1.807) is 6.07 Å². The van der Waals surface area contributed by atoms with Crippen molar-refractivity contribution in [1.29, 1.82) is 0 Å². The summed E-state index contributed by atoms with van der Waals surface area (Å²) in [5, 5.41) is 13.8. The number of anilines is 1. The Morgan fingerprint density at radius 3 is 2.29 bits per heavy atom. The SMILES string of the molecule is CCCC(NCCc1ccccn1)c1ccc(N(Cc2ccc(O)cc2Cl)S(=O)(=O)c2c(C)cc(C)cc2C)cc1. The van der Waals surface area contributed by atoms with Gasteiger partial charge >= 0.3 is 0 Å². The number of nitrogens with one attached hydrogen (secondary N) is 1. The molecule has 0 fully saturated rings. The number of pyridine rings is 1. The van der Waals surface area contributed by atoms with E-state index in [2.05, 4.69) is 17.2 Å². The number of hydrogen-bond donors (Lipinski definition) is 2. The average molecular weight is 592 g/mol. The van der Waals surface area contributed by atoms with Crippen LogP contribution in [0.2, 0.25) is 5.02 Å². The van der Waals surface area contributed by atoms with Crippen LogP contribution in [0, 0.1) is 20.8 Å². The second-order valence-corrected chi connectivity index (χ2v) is 12.7. The molecular formula is C33H38ClN3O3S. The third kappa shape index (κ3) is 7.47. The monoisotopic (exact) mass is 591 g/mol. The summed E-state index contributed by atoms with van der Waals surface area (Å²) in [6.45, 7) is 8.58. The molecule has 4 rings (SSSR count). The molecule has 41 heavy (non-hydrogen) atoms. The third-order valence-corrected chi connectivity index (χ3v) is 9.59. The van der Waals surface area contributed by atoms with E-state index < -0.39 is 10.0 Å². The van der Waals surface area contributed by atoms with Gasteiger partial charge < -0.3 is 10.4 Å². The van der Waals surface area contributed by atoms with E-state index >= 15 is 0 Å². The van der Waals surface area contributed by atoms with Gasteiger partial charge in [-0.3, -0.25) is 9.29 Å². The van der Waals surface area contributed by atoms with Crippen molar-refractivity contribution in [3.05, 3.63) is 118 Å². The number of phenolic OH excluding ortho intramolecular Hbond substituents is 1. The number of aromatic nitrogens is 1. The first-order valence-corrected chi connectivity index (χ1v) is 15.7. The largest absolute Gasteiger partial charge is 0.508 e. The predicted molar refractivity (Wildman–Crippen MR) is 167 cm³/mol. The quantitative estimate of drug-likeness (QED) is 0.179. The summed E-state index contributed by atoms with van der Waals surface area (Å²) in [4.78, 5) is 4.70. The number of nitrogens with zero attached hydrogens (tertiary/aromatic N) is 2. The van der Waals surface area contributed by atoms with Crippen LogP contribution in [0.5, 0.6) is 5.75 Å². The molecule has 2 N–H and O–H groups in total. The molecule has 216 valence electrons. The van der Waals surface area contributed by atoms with Crippen LogP contribution in [0.1, 0.15) is 59.3 Å². The zero-order valence-corrected chi connectivity index (χ0v) is 25.6. The van der Waals surface area contributed by atoms with Crippen molar-refractivity contribution in [2.45, 2.75) is 64.4 Å². The standard InChI is InChI=1S/C33H38ClN3O3S/c1-5-8-32(36-18-16-28-9-6-7-17-35-28)26-10-13-29(14-11-26)37(22-27-12-15-30(38)21-31(27)34)41(39,40)33-24(3)19-23(2)20-25(33)4/h6-7,9-15,17,19-21,32,36,38H,5,8,16,18,22H2,1-4H3. The van der Waals surface area contributed by atoms with Gasteiger partial charge in [0.15, 0.2) is 0 Å². The van der Waals surface area contributed by atoms with Crippen LogP contribution < -0.4 is 9.62 Å². The summed E-state index contributed by atoms with van der Waals surface area (Å²) in [5.74, 6) is 0.0280. The first kappa shape index (κ1) is 30.6. The molecule has 8 heteroatoms. The highest BCUT2D eigenvalue weighted by atomic mass is 35.5. The smallest absolute Gasteiger partial charge is 0.265 e. The maximum Gasteiger partial charge on any atom is 0.265 e. The molecular weight excluding hydrogens is 554 g/mol. The van der Waals surface area contributed by atoms with Gasteiger partial charge in [-0.2, -0.15) is 0 Å². The fraction of sp³-hybridized carbons (Fsp3) is 0.303. The van der Waals surface area contributed by atoms with Crippen molar-refractivity contribution in [3.63, 3.8) is 0 Å². The van der Waals surface area contributed by atoms with Gasteiger partial charge in [0.1, 0.15) is 5.75 Å². The molecule has 0 aliphatic carbocycles. The Balaban J connectivity index is 1.67. The molecule has 3 aromatic carbocycles. The molecule has 0 saturated carbocycles. The lowest BCUT2D eigenvalue weighted by Gasteiger charge is -2.28. The van der Waals surface area contributed by atoms with Gasteiger partial charge in [-0.05, 0) is 85.8 Å². The molecule has 0 amide bonds. The van der Waals surface area contributed by atoms with Crippen LogP contribution in [-0.4, -0.2) is 25.1 Å². The summed E-state index contributed by atoms with van der Waals surface area (Å²) < 4.78 is 30.0. The zero-order chi connectivity index (χ0) is 29.6. The summed E-state index contributed by atoms with van der Waals surface area (Å²) in [6, 6.07) is 22.2. The van der Waals surface area contributed by atoms with Crippen molar-refractivity contribution in [2.24, 2.45) is 0 Å². The first-order valence-electron chi connectivity index (χ1n) is 13.9. The molecule has 0 saturated heterocycles. The molecule has 4 aromatic rings. The summed E-state index contributed by atoms with van der Waals surface area (Å²) >= 11 is 6.44. The Hall–Kier alpha value is -3.39. The summed E-state index contributed by atoms with van der Waals surface area (Å²) in [5.41, 5.74) is 5.68. The van der Waals surface area contributed by atoms with Gasteiger partial charge in [0.2, 0.25) is 0 Å². The second kappa shape index (κ2) is 13.5. The minimum Gasteiger partial charge on any atom is -0.508 e. The topological polar surface area (TPSA) is 82.5 Å². The highest BCUT2D eigenvalue weighted by Crippen LogP contribution is 2.33. The summed E-state index contributed by atoms with van der Waals surface area (Å²) in [7, 11) is -3.96. The van der Waals surface area contributed by atoms with Crippen LogP contribution in [0.15, 0.2) is 83.9 Å². The molecule has 1 atom stereocenters. The Bertz CT molecular complexity index is 1550. The van der Waals surface area contributed by atoms with Crippen molar-refractivity contribution in [3.8, 4) is 5.75 Å². The van der Waals surface area contributed by atoms with E-state index in [0.717, 1.165) is 42.6 Å². The van der Waals surface area contributed by atoms with E-state index in [4.69, 9.17) is 11.6 Å². The van der Waals surface area contributed by atoms with E-state index in [1.165, 1.54) is 16.4 Å². The van der Waals surface area contributed by atoms with E-state index in [-0.39, 0.29) is 18.3 Å². The van der Waals surface area contributed by atoms with Gasteiger partial charge in [-0.1, -0.05) is 66.9 Å². The van der Waals surface area contributed by atoms with Gasteiger partial charge in [0.05, 0.1) is 17.1 Å². The molecule has 0 radical (unpaired) electrons. The second-order valence-electron chi connectivity index (χ2n) is 10.5. The highest BCUT2D eigenvalue weighted by molar-refractivity contribution is 7.92. The number of hydrogen-bond acceptors (Lipinski definition) is 5. The first-order chi connectivity index (χ1) is 19.6. The van der Waals surface area contributed by atoms with Gasteiger partial charge in [0, 0.05) is 35.9 Å². The molecule has 1 heterocycles. The zero-order valence-electron chi connectivity index (χ0n) is 24.1. The molecule has 0 spiro atoms. The number of halogens is 1. The fourth-order valence-corrected chi connectivity index (χ4v) is 7.38. The molecule has 1 aromatic heterocycles. The lowest BCUT2D eigenvalue weighted by molar-refractivity contribution is 0.475. The number of sulfonamides is 1.